The van der Waals surface area contributed by atoms with Crippen LogP contribution in [0.5, 0.6) is 0 Å². The lowest BCUT2D eigenvalue weighted by atomic mass is 10.1. The maximum absolute atomic E-state index is 11.2. The summed E-state index contributed by atoms with van der Waals surface area (Å²) in [6.45, 7) is 0. The van der Waals surface area contributed by atoms with Crippen LogP contribution in [0.1, 0.15) is 15.9 Å². The Morgan fingerprint density at radius 2 is 2.29 bits per heavy atom. The molecule has 0 amide bonds. The normalized spacial score (nSPS) is 9.29. The molecule has 72 valence electrons. The van der Waals surface area contributed by atoms with E-state index in [0.29, 0.717) is 19.6 Å². The molecule has 0 aromatic heterocycles. The molecule has 0 bridgehead atoms. The molecule has 0 unspecified atom stereocenters. The van der Waals surface area contributed by atoms with E-state index in [9.17, 15) is 4.79 Å². The third-order valence-electron chi connectivity index (χ3n) is 1.61. The van der Waals surface area contributed by atoms with Crippen molar-refractivity contribution in [1.29, 1.82) is 5.26 Å². The van der Waals surface area contributed by atoms with Gasteiger partial charge in [0.05, 0.1) is 18.2 Å². The van der Waals surface area contributed by atoms with Crippen molar-refractivity contribution in [3.05, 3.63) is 26.8 Å². The first-order chi connectivity index (χ1) is 6.60. The largest absolute Gasteiger partial charge is 0.465 e. The first kappa shape index (κ1) is 11.3. The molecule has 0 spiro atoms. The number of halogens is 1. The van der Waals surface area contributed by atoms with E-state index in [1.165, 1.54) is 7.11 Å². The molecule has 3 nitrogen and oxygen atoms in total. The van der Waals surface area contributed by atoms with Crippen LogP contribution in [-0.2, 0) is 4.74 Å². The molecule has 1 aromatic carbocycles. The van der Waals surface area contributed by atoms with Crippen LogP contribution in [0.4, 0.5) is 0 Å². The fourth-order valence-corrected chi connectivity index (χ4v) is 1.79. The van der Waals surface area contributed by atoms with Crippen molar-refractivity contribution in [3.8, 4) is 6.07 Å². The van der Waals surface area contributed by atoms with E-state index in [1.807, 2.05) is 28.7 Å². The van der Waals surface area contributed by atoms with Gasteiger partial charge in [-0.25, -0.2) is 4.79 Å². The number of methoxy groups -OCH3 is 1. The first-order valence-corrected chi connectivity index (χ1v) is 5.13. The molecule has 0 radical (unpaired) electrons. The lowest BCUT2D eigenvalue weighted by Crippen LogP contribution is -2.03. The molecule has 0 saturated heterocycles. The fourth-order valence-electron chi connectivity index (χ4n) is 0.921. The highest BCUT2D eigenvalue weighted by Crippen LogP contribution is 2.21. The summed E-state index contributed by atoms with van der Waals surface area (Å²) < 4.78 is 5.28. The average Bonchev–Trinajstić information content (AvgIpc) is 2.19. The number of nitrogens with zero attached hydrogens (tertiary/aromatic N) is 1. The van der Waals surface area contributed by atoms with Crippen LogP contribution in [0, 0.1) is 14.9 Å². The summed E-state index contributed by atoms with van der Waals surface area (Å²) in [5.41, 5.74) is 0.877. The monoisotopic (exact) mass is 319 g/mol. The lowest BCUT2D eigenvalue weighted by molar-refractivity contribution is 0.0597. The number of carbonyl (C=O) groups is 1. The number of benzene rings is 1. The van der Waals surface area contributed by atoms with Gasteiger partial charge in [0.2, 0.25) is 0 Å². The fraction of sp³-hybridized carbons (Fsp3) is 0.111. The molecule has 0 aliphatic carbocycles. The van der Waals surface area contributed by atoms with Gasteiger partial charge < -0.3 is 4.74 Å². The number of hydrogen-bond donors (Lipinski definition) is 1. The maximum atomic E-state index is 11.2. The number of carbonyl (C=O) groups excluding carboxylic acids is 1. The van der Waals surface area contributed by atoms with Crippen LogP contribution < -0.4 is 0 Å². The summed E-state index contributed by atoms with van der Waals surface area (Å²) in [5, 5.41) is 8.72. The number of thiol groups is 1. The van der Waals surface area contributed by atoms with E-state index in [4.69, 9.17) is 5.26 Å². The molecular formula is C9H6INO2S. The Labute approximate surface area is 101 Å². The standard InChI is InChI=1S/C9H6INO2S/c1-13-9(12)6-3-7(10)5(4-11)2-8(6)14/h2-3,14H,1H3. The van der Waals surface area contributed by atoms with Crippen molar-refractivity contribution in [2.24, 2.45) is 0 Å². The van der Waals surface area contributed by atoms with Gasteiger partial charge in [0, 0.05) is 8.47 Å². The third kappa shape index (κ3) is 2.19. The zero-order chi connectivity index (χ0) is 10.7. The summed E-state index contributed by atoms with van der Waals surface area (Å²) in [6.07, 6.45) is 0. The van der Waals surface area contributed by atoms with Crippen molar-refractivity contribution in [2.45, 2.75) is 4.90 Å². The molecule has 1 rings (SSSR count). The summed E-state index contributed by atoms with van der Waals surface area (Å²) >= 11 is 6.10. The number of esters is 1. The Bertz CT molecular complexity index is 426. The quantitative estimate of drug-likeness (QED) is 0.491. The van der Waals surface area contributed by atoms with Gasteiger partial charge in [-0.15, -0.1) is 12.6 Å². The molecule has 0 aliphatic heterocycles. The molecule has 0 fully saturated rings. The average molecular weight is 319 g/mol. The highest BCUT2D eigenvalue weighted by atomic mass is 127. The van der Waals surface area contributed by atoms with Crippen LogP contribution in [0.2, 0.25) is 0 Å². The molecule has 0 heterocycles. The number of rotatable bonds is 1. The molecule has 0 atom stereocenters. The van der Waals surface area contributed by atoms with E-state index in [2.05, 4.69) is 17.4 Å². The molecule has 5 heteroatoms. The van der Waals surface area contributed by atoms with Crippen molar-refractivity contribution in [3.63, 3.8) is 0 Å². The van der Waals surface area contributed by atoms with E-state index in [-0.39, 0.29) is 0 Å². The van der Waals surface area contributed by atoms with Gasteiger partial charge in [0.1, 0.15) is 6.07 Å². The lowest BCUT2D eigenvalue weighted by Gasteiger charge is -2.04. The van der Waals surface area contributed by atoms with E-state index < -0.39 is 5.97 Å². The van der Waals surface area contributed by atoms with Crippen LogP contribution in [0.25, 0.3) is 0 Å². The molecule has 14 heavy (non-hydrogen) atoms. The molecule has 1 aromatic rings. The SMILES string of the molecule is COC(=O)c1cc(I)c(C#N)cc1S. The van der Waals surface area contributed by atoms with Crippen LogP contribution in [0.3, 0.4) is 0 Å². The van der Waals surface area contributed by atoms with Crippen LogP contribution in [0.15, 0.2) is 17.0 Å². The Hall–Kier alpha value is -0.740. The molecule has 0 saturated carbocycles. The summed E-state index contributed by atoms with van der Waals surface area (Å²) in [7, 11) is 1.31. The van der Waals surface area contributed by atoms with E-state index in [1.54, 1.807) is 12.1 Å². The maximum Gasteiger partial charge on any atom is 0.339 e. The first-order valence-electron chi connectivity index (χ1n) is 3.61. The second-order valence-corrected chi connectivity index (χ2v) is 4.10. The van der Waals surface area contributed by atoms with Crippen molar-refractivity contribution < 1.29 is 9.53 Å². The molecule has 0 N–H and O–H groups in total. The Morgan fingerprint density at radius 3 is 2.79 bits per heavy atom. The van der Waals surface area contributed by atoms with Gasteiger partial charge in [-0.05, 0) is 34.7 Å². The van der Waals surface area contributed by atoms with Gasteiger partial charge in [0.15, 0.2) is 0 Å². The highest BCUT2D eigenvalue weighted by molar-refractivity contribution is 14.1. The van der Waals surface area contributed by atoms with Gasteiger partial charge in [-0.1, -0.05) is 0 Å². The predicted molar refractivity (Wildman–Crippen MR) is 62.5 cm³/mol. The van der Waals surface area contributed by atoms with Gasteiger partial charge in [-0.2, -0.15) is 5.26 Å². The van der Waals surface area contributed by atoms with Crippen molar-refractivity contribution in [1.82, 2.24) is 0 Å². The number of nitriles is 1. The minimum atomic E-state index is -0.447. The van der Waals surface area contributed by atoms with Gasteiger partial charge in [-0.3, -0.25) is 0 Å². The van der Waals surface area contributed by atoms with Crippen LogP contribution in [-0.4, -0.2) is 13.1 Å². The number of ether oxygens (including phenoxy) is 1. The minimum absolute atomic E-state index is 0.374. The van der Waals surface area contributed by atoms with E-state index >= 15 is 0 Å². The second-order valence-electron chi connectivity index (χ2n) is 2.45. The van der Waals surface area contributed by atoms with Crippen LogP contribution >= 0.6 is 35.2 Å². The summed E-state index contributed by atoms with van der Waals surface area (Å²) in [4.78, 5) is 11.7. The third-order valence-corrected chi connectivity index (χ3v) is 2.87. The Morgan fingerprint density at radius 1 is 1.64 bits per heavy atom. The van der Waals surface area contributed by atoms with Gasteiger partial charge >= 0.3 is 5.97 Å². The van der Waals surface area contributed by atoms with Gasteiger partial charge in [0.25, 0.3) is 0 Å². The summed E-state index contributed by atoms with van der Waals surface area (Å²) in [5.74, 6) is -0.447. The molecule has 0 aliphatic rings. The Balaban J connectivity index is 3.30. The second kappa shape index (κ2) is 4.66. The topological polar surface area (TPSA) is 50.1 Å². The predicted octanol–water partition coefficient (Wildman–Crippen LogP) is 2.24. The summed E-state index contributed by atoms with van der Waals surface area (Å²) in [6, 6.07) is 5.15. The number of hydrogen-bond acceptors (Lipinski definition) is 4. The van der Waals surface area contributed by atoms with Crippen molar-refractivity contribution in [2.75, 3.05) is 7.11 Å². The zero-order valence-corrected chi connectivity index (χ0v) is 10.3. The Kier molecular flexibility index (Phi) is 3.77. The minimum Gasteiger partial charge on any atom is -0.465 e. The zero-order valence-electron chi connectivity index (χ0n) is 7.24. The molecular weight excluding hydrogens is 313 g/mol. The smallest absolute Gasteiger partial charge is 0.339 e. The van der Waals surface area contributed by atoms with E-state index in [0.717, 1.165) is 0 Å². The highest BCUT2D eigenvalue weighted by Gasteiger charge is 2.12. The van der Waals surface area contributed by atoms with Crippen molar-refractivity contribution >= 4 is 41.2 Å².